The molecule has 3 aromatic heterocycles. The molecule has 0 fully saturated rings. The molecule has 1 aliphatic rings. The van der Waals surface area contributed by atoms with Crippen molar-refractivity contribution in [1.82, 2.24) is 25.1 Å². The lowest BCUT2D eigenvalue weighted by molar-refractivity contribution is -0.0269. The highest BCUT2D eigenvalue weighted by Crippen LogP contribution is 2.27. The number of rotatable bonds is 6. The van der Waals surface area contributed by atoms with E-state index in [-0.39, 0.29) is 12.1 Å². The van der Waals surface area contributed by atoms with Gasteiger partial charge in [-0.05, 0) is 46.8 Å². The molecule has 9 nitrogen and oxygen atoms in total. The van der Waals surface area contributed by atoms with Crippen LogP contribution in [0.5, 0.6) is 5.88 Å². The summed E-state index contributed by atoms with van der Waals surface area (Å²) in [5.41, 5.74) is 4.10. The molecule has 0 spiro atoms. The molecule has 0 aromatic carbocycles. The monoisotopic (exact) mass is 413 g/mol. The van der Waals surface area contributed by atoms with Gasteiger partial charge < -0.3 is 10.1 Å². The number of pyridine rings is 1. The second-order valence-electron chi connectivity index (χ2n) is 7.83. The van der Waals surface area contributed by atoms with E-state index in [0.717, 1.165) is 6.20 Å². The van der Waals surface area contributed by atoms with E-state index in [9.17, 15) is 4.39 Å². The van der Waals surface area contributed by atoms with Crippen molar-refractivity contribution >= 4 is 17.3 Å². The van der Waals surface area contributed by atoms with Crippen LogP contribution in [0.25, 0.3) is 5.65 Å². The predicted octanol–water partition coefficient (Wildman–Crippen LogP) is 3.24. The van der Waals surface area contributed by atoms with Crippen LogP contribution in [0.4, 0.5) is 10.2 Å². The summed E-state index contributed by atoms with van der Waals surface area (Å²) >= 11 is 0. The summed E-state index contributed by atoms with van der Waals surface area (Å²) in [5, 5.41) is 7.60. The summed E-state index contributed by atoms with van der Waals surface area (Å²) in [5.74, 6) is 1.12. The normalized spacial score (nSPS) is 16.4. The third-order valence-electron chi connectivity index (χ3n) is 4.43. The highest BCUT2D eigenvalue weighted by Gasteiger charge is 2.28. The molecule has 1 atom stereocenters. The summed E-state index contributed by atoms with van der Waals surface area (Å²) in [4.78, 5) is 18.7. The highest BCUT2D eigenvalue weighted by molar-refractivity contribution is 6.03. The van der Waals surface area contributed by atoms with E-state index in [2.05, 4.69) is 30.9 Å². The first-order valence-electron chi connectivity index (χ1n) is 9.69. The molecule has 4 heterocycles. The molecule has 0 saturated heterocycles. The Morgan fingerprint density at radius 3 is 2.77 bits per heavy atom. The first-order valence-corrected chi connectivity index (χ1v) is 9.69. The van der Waals surface area contributed by atoms with Gasteiger partial charge in [-0.1, -0.05) is 0 Å². The Morgan fingerprint density at radius 1 is 1.27 bits per heavy atom. The summed E-state index contributed by atoms with van der Waals surface area (Å²) in [6, 6.07) is 2.91. The van der Waals surface area contributed by atoms with Gasteiger partial charge in [0.1, 0.15) is 11.6 Å². The maximum atomic E-state index is 13.8. The van der Waals surface area contributed by atoms with Crippen LogP contribution in [0.2, 0.25) is 0 Å². The summed E-state index contributed by atoms with van der Waals surface area (Å²) in [7, 11) is 0. The maximum absolute atomic E-state index is 13.8. The van der Waals surface area contributed by atoms with Crippen LogP contribution in [0.15, 0.2) is 35.7 Å². The molecule has 158 valence electrons. The molecule has 0 radical (unpaired) electrons. The fourth-order valence-corrected chi connectivity index (χ4v) is 3.09. The van der Waals surface area contributed by atoms with Gasteiger partial charge >= 0.3 is 0 Å². The SMILES string of the molecule is CC(C)Oc1ncc(F)cc1C(C)Nc1ccn2ncc(C3=NC(C)(C)ON3)c2n1. The number of aromatic nitrogens is 4. The summed E-state index contributed by atoms with van der Waals surface area (Å²) < 4.78 is 21.2. The number of hydrogen-bond donors (Lipinski definition) is 2. The van der Waals surface area contributed by atoms with E-state index in [0.29, 0.717) is 34.3 Å². The van der Waals surface area contributed by atoms with E-state index < -0.39 is 11.5 Å². The number of fused-ring (bicyclic) bond motifs is 1. The second-order valence-corrected chi connectivity index (χ2v) is 7.83. The van der Waals surface area contributed by atoms with Gasteiger partial charge in [0.2, 0.25) is 5.88 Å². The minimum Gasteiger partial charge on any atom is -0.475 e. The number of hydroxylamine groups is 1. The van der Waals surface area contributed by atoms with E-state index in [1.165, 1.54) is 6.07 Å². The van der Waals surface area contributed by atoms with Gasteiger partial charge in [-0.25, -0.2) is 34.2 Å². The van der Waals surface area contributed by atoms with Crippen LogP contribution in [0, 0.1) is 5.82 Å². The largest absolute Gasteiger partial charge is 0.475 e. The summed E-state index contributed by atoms with van der Waals surface area (Å²) in [6.45, 7) is 9.39. The molecule has 0 bridgehead atoms. The molecule has 0 saturated carbocycles. The Balaban J connectivity index is 1.64. The number of amidine groups is 1. The molecule has 0 aliphatic carbocycles. The Labute approximate surface area is 173 Å². The molecular formula is C20H24FN7O2. The van der Waals surface area contributed by atoms with Gasteiger partial charge in [0.05, 0.1) is 30.1 Å². The third-order valence-corrected chi connectivity index (χ3v) is 4.43. The zero-order valence-corrected chi connectivity index (χ0v) is 17.5. The molecule has 1 aliphatic heterocycles. The fourth-order valence-electron chi connectivity index (χ4n) is 3.09. The molecule has 3 aromatic rings. The van der Waals surface area contributed by atoms with Gasteiger partial charge in [-0.15, -0.1) is 0 Å². The van der Waals surface area contributed by atoms with Gasteiger partial charge in [0.25, 0.3) is 0 Å². The molecular weight excluding hydrogens is 389 g/mol. The number of nitrogens with zero attached hydrogens (tertiary/aromatic N) is 5. The lowest BCUT2D eigenvalue weighted by Crippen LogP contribution is -2.23. The van der Waals surface area contributed by atoms with Crippen LogP contribution in [0.1, 0.15) is 51.8 Å². The van der Waals surface area contributed by atoms with E-state index >= 15 is 0 Å². The van der Waals surface area contributed by atoms with Crippen LogP contribution < -0.4 is 15.5 Å². The highest BCUT2D eigenvalue weighted by atomic mass is 19.1. The number of nitrogens with one attached hydrogen (secondary N) is 2. The Morgan fingerprint density at radius 2 is 2.07 bits per heavy atom. The van der Waals surface area contributed by atoms with Crippen molar-refractivity contribution in [3.05, 3.63) is 47.7 Å². The van der Waals surface area contributed by atoms with Crippen molar-refractivity contribution in [2.75, 3.05) is 5.32 Å². The lowest BCUT2D eigenvalue weighted by Gasteiger charge is -2.19. The number of hydrogen-bond acceptors (Lipinski definition) is 8. The van der Waals surface area contributed by atoms with Gasteiger partial charge in [0, 0.05) is 11.8 Å². The van der Waals surface area contributed by atoms with Crippen molar-refractivity contribution in [3.63, 3.8) is 0 Å². The average Bonchev–Trinajstić information content (AvgIpc) is 3.25. The van der Waals surface area contributed by atoms with Crippen LogP contribution in [-0.4, -0.2) is 37.2 Å². The molecule has 2 N–H and O–H groups in total. The van der Waals surface area contributed by atoms with Crippen LogP contribution in [-0.2, 0) is 4.84 Å². The molecule has 4 rings (SSSR count). The standard InChI is InChI=1S/C20H24FN7O2/c1-11(2)29-19-14(8-13(21)9-22-19)12(3)24-16-6-7-28-18(25-16)15(10-23-28)17-26-20(4,5)30-27-17/h6-12H,1-5H3,(H,24,25)(H,26,27). The average molecular weight is 413 g/mol. The Kier molecular flexibility index (Phi) is 5.02. The topological polar surface area (TPSA) is 98.0 Å². The third kappa shape index (κ3) is 4.04. The maximum Gasteiger partial charge on any atom is 0.219 e. The minimum absolute atomic E-state index is 0.0797. The first kappa shape index (κ1) is 20.0. The number of anilines is 1. The zero-order valence-electron chi connectivity index (χ0n) is 17.5. The van der Waals surface area contributed by atoms with Crippen molar-refractivity contribution in [3.8, 4) is 5.88 Å². The smallest absolute Gasteiger partial charge is 0.219 e. The number of aliphatic imine (C=N–C) groups is 1. The Hall–Kier alpha value is -3.27. The molecule has 30 heavy (non-hydrogen) atoms. The predicted molar refractivity (Wildman–Crippen MR) is 110 cm³/mol. The van der Waals surface area contributed by atoms with Crippen molar-refractivity contribution in [2.45, 2.75) is 52.5 Å². The summed E-state index contributed by atoms with van der Waals surface area (Å²) in [6.07, 6.45) is 4.54. The molecule has 0 amide bonds. The molecule has 10 heteroatoms. The zero-order chi connectivity index (χ0) is 21.5. The van der Waals surface area contributed by atoms with Gasteiger partial charge in [-0.2, -0.15) is 5.10 Å². The van der Waals surface area contributed by atoms with Gasteiger partial charge in [-0.3, -0.25) is 0 Å². The fraction of sp³-hybridized carbons (Fsp3) is 0.400. The van der Waals surface area contributed by atoms with Crippen molar-refractivity contribution < 1.29 is 14.0 Å². The second kappa shape index (κ2) is 7.52. The van der Waals surface area contributed by atoms with Crippen molar-refractivity contribution in [2.24, 2.45) is 4.99 Å². The van der Waals surface area contributed by atoms with E-state index in [1.54, 1.807) is 23.0 Å². The molecule has 1 unspecified atom stereocenters. The lowest BCUT2D eigenvalue weighted by atomic mass is 10.1. The van der Waals surface area contributed by atoms with Gasteiger partial charge in [0.15, 0.2) is 17.2 Å². The van der Waals surface area contributed by atoms with Crippen molar-refractivity contribution in [1.29, 1.82) is 0 Å². The quantitative estimate of drug-likeness (QED) is 0.640. The minimum atomic E-state index is -0.662. The van der Waals surface area contributed by atoms with E-state index in [4.69, 9.17) is 9.57 Å². The first-order chi connectivity index (χ1) is 14.2. The Bertz CT molecular complexity index is 1110. The van der Waals surface area contributed by atoms with E-state index in [1.807, 2.05) is 34.6 Å². The number of ether oxygens (including phenoxy) is 1. The number of halogens is 1. The van der Waals surface area contributed by atoms with Crippen LogP contribution in [0.3, 0.4) is 0 Å². The van der Waals surface area contributed by atoms with Crippen LogP contribution >= 0.6 is 0 Å².